The Kier molecular flexibility index (Phi) is 3.72. The molecule has 1 aromatic carbocycles. The SMILES string of the molecule is CC1CN(Cc2cc(Br)cc3c2OCC3)C(C2CC2)CN1. The number of nitrogens with zero attached hydrogens (tertiary/aromatic N) is 1. The summed E-state index contributed by atoms with van der Waals surface area (Å²) >= 11 is 3.66. The van der Waals surface area contributed by atoms with Crippen molar-refractivity contribution in [3.05, 3.63) is 27.7 Å². The standard InChI is InChI=1S/C17H23BrN2O/c1-11-9-20(16(8-19-11)12-2-3-12)10-14-7-15(18)6-13-4-5-21-17(13)14/h6-7,11-12,16,19H,2-5,8-10H2,1H3. The third-order valence-corrected chi connectivity index (χ3v) is 5.48. The number of fused-ring (bicyclic) bond motifs is 1. The van der Waals surface area contributed by atoms with Gasteiger partial charge in [-0.3, -0.25) is 4.90 Å². The zero-order valence-electron chi connectivity index (χ0n) is 12.6. The number of hydrogen-bond acceptors (Lipinski definition) is 3. The maximum absolute atomic E-state index is 5.90. The summed E-state index contributed by atoms with van der Waals surface area (Å²) < 4.78 is 7.09. The Labute approximate surface area is 135 Å². The van der Waals surface area contributed by atoms with Gasteiger partial charge in [0.2, 0.25) is 0 Å². The molecule has 4 rings (SSSR count). The van der Waals surface area contributed by atoms with E-state index in [4.69, 9.17) is 4.74 Å². The molecule has 3 nitrogen and oxygen atoms in total. The van der Waals surface area contributed by atoms with Gasteiger partial charge in [-0.05, 0) is 43.4 Å². The lowest BCUT2D eigenvalue weighted by Crippen LogP contribution is -2.55. The molecule has 4 heteroatoms. The van der Waals surface area contributed by atoms with Crippen LogP contribution in [0.5, 0.6) is 5.75 Å². The minimum absolute atomic E-state index is 0.584. The second-order valence-corrected chi connectivity index (χ2v) is 7.71. The molecule has 1 aromatic rings. The average Bonchev–Trinajstić information content (AvgIpc) is 3.17. The molecule has 0 bridgehead atoms. The van der Waals surface area contributed by atoms with Crippen molar-refractivity contribution in [3.63, 3.8) is 0 Å². The van der Waals surface area contributed by atoms with E-state index in [-0.39, 0.29) is 0 Å². The molecule has 3 aliphatic rings. The number of ether oxygens (including phenoxy) is 1. The quantitative estimate of drug-likeness (QED) is 0.906. The van der Waals surface area contributed by atoms with Gasteiger partial charge in [0.1, 0.15) is 5.75 Å². The number of rotatable bonds is 3. The van der Waals surface area contributed by atoms with E-state index in [1.54, 1.807) is 0 Å². The van der Waals surface area contributed by atoms with Crippen LogP contribution >= 0.6 is 15.9 Å². The molecule has 2 atom stereocenters. The fourth-order valence-electron chi connectivity index (χ4n) is 3.81. The molecule has 0 spiro atoms. The van der Waals surface area contributed by atoms with Crippen molar-refractivity contribution in [3.8, 4) is 5.75 Å². The van der Waals surface area contributed by atoms with Crippen LogP contribution in [-0.4, -0.2) is 36.7 Å². The molecular weight excluding hydrogens is 328 g/mol. The first-order valence-electron chi connectivity index (χ1n) is 8.12. The predicted octanol–water partition coefficient (Wildman–Crippen LogP) is 2.96. The van der Waals surface area contributed by atoms with Crippen LogP contribution in [0, 0.1) is 5.92 Å². The topological polar surface area (TPSA) is 24.5 Å². The summed E-state index contributed by atoms with van der Waals surface area (Å²) in [6.07, 6.45) is 3.86. The highest BCUT2D eigenvalue weighted by Gasteiger charge is 2.38. The molecule has 21 heavy (non-hydrogen) atoms. The van der Waals surface area contributed by atoms with Crippen molar-refractivity contribution in [2.75, 3.05) is 19.7 Å². The van der Waals surface area contributed by atoms with Crippen LogP contribution in [0.3, 0.4) is 0 Å². The minimum Gasteiger partial charge on any atom is -0.493 e. The Morgan fingerprint density at radius 3 is 3.05 bits per heavy atom. The molecular formula is C17H23BrN2O. The lowest BCUT2D eigenvalue weighted by molar-refractivity contribution is 0.111. The van der Waals surface area contributed by atoms with E-state index in [1.165, 1.54) is 28.4 Å². The summed E-state index contributed by atoms with van der Waals surface area (Å²) in [4.78, 5) is 2.68. The number of benzene rings is 1. The summed E-state index contributed by atoms with van der Waals surface area (Å²) in [6, 6.07) is 5.75. The Hall–Kier alpha value is -0.580. The highest BCUT2D eigenvalue weighted by molar-refractivity contribution is 9.10. The van der Waals surface area contributed by atoms with Gasteiger partial charge in [0.25, 0.3) is 0 Å². The number of halogens is 1. The van der Waals surface area contributed by atoms with Crippen LogP contribution in [0.1, 0.15) is 30.9 Å². The Bertz CT molecular complexity index is 544. The normalized spacial score (nSPS) is 29.2. The van der Waals surface area contributed by atoms with Crippen LogP contribution in [0.2, 0.25) is 0 Å². The summed E-state index contributed by atoms with van der Waals surface area (Å²) in [5, 5.41) is 3.65. The van der Waals surface area contributed by atoms with Gasteiger partial charge < -0.3 is 10.1 Å². The summed E-state index contributed by atoms with van der Waals surface area (Å²) in [5.41, 5.74) is 2.72. The fraction of sp³-hybridized carbons (Fsp3) is 0.647. The molecule has 2 unspecified atom stereocenters. The second kappa shape index (κ2) is 5.56. The molecule has 114 valence electrons. The third-order valence-electron chi connectivity index (χ3n) is 5.02. The lowest BCUT2D eigenvalue weighted by atomic mass is 10.0. The van der Waals surface area contributed by atoms with Gasteiger partial charge in [0, 0.05) is 48.2 Å². The Balaban J connectivity index is 1.59. The molecule has 2 fully saturated rings. The lowest BCUT2D eigenvalue weighted by Gasteiger charge is -2.40. The van der Waals surface area contributed by atoms with E-state index in [9.17, 15) is 0 Å². The van der Waals surface area contributed by atoms with Crippen LogP contribution in [0.15, 0.2) is 16.6 Å². The largest absolute Gasteiger partial charge is 0.493 e. The van der Waals surface area contributed by atoms with Gasteiger partial charge in [0.15, 0.2) is 0 Å². The smallest absolute Gasteiger partial charge is 0.127 e. The van der Waals surface area contributed by atoms with Crippen molar-refractivity contribution in [1.29, 1.82) is 0 Å². The third kappa shape index (κ3) is 2.86. The van der Waals surface area contributed by atoms with Crippen LogP contribution in [0.4, 0.5) is 0 Å². The first-order valence-corrected chi connectivity index (χ1v) is 8.91. The van der Waals surface area contributed by atoms with Gasteiger partial charge >= 0.3 is 0 Å². The predicted molar refractivity (Wildman–Crippen MR) is 87.7 cm³/mol. The minimum atomic E-state index is 0.584. The van der Waals surface area contributed by atoms with E-state index in [1.807, 2.05) is 0 Å². The maximum Gasteiger partial charge on any atom is 0.127 e. The number of piperazine rings is 1. The summed E-state index contributed by atoms with van der Waals surface area (Å²) in [6.45, 7) is 6.43. The molecule has 1 aliphatic carbocycles. The number of hydrogen-bond donors (Lipinski definition) is 1. The van der Waals surface area contributed by atoms with Crippen molar-refractivity contribution in [2.24, 2.45) is 5.92 Å². The molecule has 0 amide bonds. The molecule has 2 heterocycles. The Morgan fingerprint density at radius 1 is 1.38 bits per heavy atom. The van der Waals surface area contributed by atoms with Crippen molar-refractivity contribution in [1.82, 2.24) is 10.2 Å². The highest BCUT2D eigenvalue weighted by Crippen LogP contribution is 2.39. The van der Waals surface area contributed by atoms with E-state index < -0.39 is 0 Å². The molecule has 2 aliphatic heterocycles. The molecule has 0 aromatic heterocycles. The van der Waals surface area contributed by atoms with Crippen molar-refractivity contribution in [2.45, 2.75) is 44.8 Å². The van der Waals surface area contributed by atoms with Gasteiger partial charge in [-0.2, -0.15) is 0 Å². The number of nitrogens with one attached hydrogen (secondary N) is 1. The van der Waals surface area contributed by atoms with Crippen molar-refractivity contribution >= 4 is 15.9 Å². The summed E-state index contributed by atoms with van der Waals surface area (Å²) in [7, 11) is 0. The van der Waals surface area contributed by atoms with Gasteiger partial charge in [-0.15, -0.1) is 0 Å². The summed E-state index contributed by atoms with van der Waals surface area (Å²) in [5.74, 6) is 2.06. The van der Waals surface area contributed by atoms with E-state index in [0.717, 1.165) is 44.3 Å². The van der Waals surface area contributed by atoms with Gasteiger partial charge in [0.05, 0.1) is 6.61 Å². The molecule has 1 saturated carbocycles. The van der Waals surface area contributed by atoms with Gasteiger partial charge in [-0.25, -0.2) is 0 Å². The molecule has 1 N–H and O–H groups in total. The zero-order valence-corrected chi connectivity index (χ0v) is 14.2. The highest BCUT2D eigenvalue weighted by atomic mass is 79.9. The van der Waals surface area contributed by atoms with Gasteiger partial charge in [-0.1, -0.05) is 15.9 Å². The first-order chi connectivity index (χ1) is 10.2. The Morgan fingerprint density at radius 2 is 2.24 bits per heavy atom. The van der Waals surface area contributed by atoms with Crippen molar-refractivity contribution < 1.29 is 4.74 Å². The monoisotopic (exact) mass is 350 g/mol. The molecule has 0 radical (unpaired) electrons. The zero-order chi connectivity index (χ0) is 14.4. The average molecular weight is 351 g/mol. The maximum atomic E-state index is 5.90. The van der Waals surface area contributed by atoms with E-state index in [0.29, 0.717) is 12.1 Å². The first kappa shape index (κ1) is 14.0. The van der Waals surface area contributed by atoms with E-state index in [2.05, 4.69) is 45.2 Å². The fourth-order valence-corrected chi connectivity index (χ4v) is 4.37. The second-order valence-electron chi connectivity index (χ2n) is 6.80. The van der Waals surface area contributed by atoms with Crippen LogP contribution in [0.25, 0.3) is 0 Å². The molecule has 1 saturated heterocycles. The van der Waals surface area contributed by atoms with Crippen LogP contribution < -0.4 is 10.1 Å². The van der Waals surface area contributed by atoms with Crippen LogP contribution in [-0.2, 0) is 13.0 Å². The van der Waals surface area contributed by atoms with E-state index >= 15 is 0 Å².